The number of aromatic nitrogens is 4. The molecule has 0 N–H and O–H groups in total. The lowest BCUT2D eigenvalue weighted by Gasteiger charge is -2.32. The van der Waals surface area contributed by atoms with E-state index in [4.69, 9.17) is 50.7 Å². The summed E-state index contributed by atoms with van der Waals surface area (Å²) >= 11 is 7.94. The van der Waals surface area contributed by atoms with E-state index >= 15 is 8.78 Å². The summed E-state index contributed by atoms with van der Waals surface area (Å²) < 4.78 is 117. The molecule has 22 heteroatoms. The Morgan fingerprint density at radius 2 is 1.75 bits per heavy atom. The molecule has 0 bridgehead atoms. The zero-order valence-corrected chi connectivity index (χ0v) is 35.5. The van der Waals surface area contributed by atoms with Crippen LogP contribution in [0.25, 0.3) is 32.0 Å². The van der Waals surface area contributed by atoms with Gasteiger partial charge in [-0.15, -0.1) is 11.3 Å². The van der Waals surface area contributed by atoms with Crippen LogP contribution in [0.15, 0.2) is 71.5 Å². The van der Waals surface area contributed by atoms with E-state index in [0.29, 0.717) is 39.6 Å². The Hall–Kier alpha value is -5.24. The van der Waals surface area contributed by atoms with Crippen molar-refractivity contribution in [1.82, 2.24) is 29.5 Å². The molecular formula is C41H37B2ClF6N6O6S. The van der Waals surface area contributed by atoms with Crippen molar-refractivity contribution >= 4 is 54.8 Å². The van der Waals surface area contributed by atoms with Gasteiger partial charge in [0, 0.05) is 50.6 Å². The van der Waals surface area contributed by atoms with Crippen molar-refractivity contribution < 1.29 is 54.5 Å². The van der Waals surface area contributed by atoms with Crippen molar-refractivity contribution in [3.63, 3.8) is 0 Å². The summed E-state index contributed by atoms with van der Waals surface area (Å²) in [5.74, 6) is -6.66. The molecule has 1 saturated heterocycles. The third-order valence-corrected chi connectivity index (χ3v) is 11.7. The van der Waals surface area contributed by atoms with Crippen LogP contribution >= 0.6 is 22.9 Å². The van der Waals surface area contributed by atoms with Gasteiger partial charge in [0.15, 0.2) is 0 Å². The molecule has 4 radical (unpaired) electrons. The largest absolute Gasteiger partial charge is 0.501 e. The Balaban J connectivity index is 1.28. The topological polar surface area (TPSA) is 117 Å². The fourth-order valence-electron chi connectivity index (χ4n) is 7.03. The molecule has 6 aromatic rings. The average Bonchev–Trinajstić information content (AvgIpc) is 3.98. The number of para-hydroxylation sites is 1. The van der Waals surface area contributed by atoms with Crippen LogP contribution in [0.3, 0.4) is 0 Å². The first kappa shape index (κ1) is 45.8. The predicted octanol–water partition coefficient (Wildman–Crippen LogP) is 7.73. The van der Waals surface area contributed by atoms with E-state index in [0.717, 1.165) is 74.3 Å². The first-order valence-electron chi connectivity index (χ1n) is 19.4. The second-order valence-electron chi connectivity index (χ2n) is 14.6. The van der Waals surface area contributed by atoms with Gasteiger partial charge in [0.1, 0.15) is 57.3 Å². The number of ether oxygens (including phenoxy) is 4. The summed E-state index contributed by atoms with van der Waals surface area (Å²) in [6, 6.07) is 10.3. The van der Waals surface area contributed by atoms with Gasteiger partial charge >= 0.3 is 18.1 Å². The molecule has 1 aliphatic heterocycles. The molecule has 2 aromatic carbocycles. The molecule has 12 nitrogen and oxygen atoms in total. The lowest BCUT2D eigenvalue weighted by Crippen LogP contribution is -2.45. The molecule has 63 heavy (non-hydrogen) atoms. The van der Waals surface area contributed by atoms with Gasteiger partial charge in [0.05, 0.1) is 38.6 Å². The van der Waals surface area contributed by atoms with Crippen molar-refractivity contribution in [2.45, 2.75) is 44.0 Å². The number of rotatable bonds is 16. The lowest BCUT2D eigenvalue weighted by atomic mass is 9.63. The van der Waals surface area contributed by atoms with E-state index < -0.39 is 65.0 Å². The summed E-state index contributed by atoms with van der Waals surface area (Å²) in [7, 11) is 14.3. The minimum atomic E-state index is -4.75. The van der Waals surface area contributed by atoms with Crippen LogP contribution in [-0.4, -0.2) is 116 Å². The summed E-state index contributed by atoms with van der Waals surface area (Å²) in [6.07, 6.45) is -5.53. The maximum absolute atomic E-state index is 17.2. The van der Waals surface area contributed by atoms with Gasteiger partial charge < -0.3 is 28.3 Å². The molecule has 1 unspecified atom stereocenters. The zero-order valence-electron chi connectivity index (χ0n) is 33.9. The third-order valence-electron chi connectivity index (χ3n) is 10.2. The molecule has 1 aliphatic rings. The average molecular weight is 913 g/mol. The van der Waals surface area contributed by atoms with Crippen molar-refractivity contribution in [2.75, 3.05) is 53.0 Å². The number of piperazine rings is 1. The quantitative estimate of drug-likeness (QED) is 0.0540. The number of esters is 1. The Kier molecular flexibility index (Phi) is 13.4. The molecule has 4 aromatic heterocycles. The Morgan fingerprint density at radius 1 is 1.00 bits per heavy atom. The third kappa shape index (κ3) is 9.95. The Labute approximate surface area is 368 Å². The van der Waals surface area contributed by atoms with E-state index in [1.54, 1.807) is 19.1 Å². The van der Waals surface area contributed by atoms with E-state index in [-0.39, 0.29) is 33.2 Å². The van der Waals surface area contributed by atoms with Crippen LogP contribution in [-0.2, 0) is 27.4 Å². The molecule has 1 atom stereocenters. The minimum Gasteiger partial charge on any atom is -0.501 e. The monoisotopic (exact) mass is 912 g/mol. The van der Waals surface area contributed by atoms with Crippen LogP contribution in [0.4, 0.5) is 26.3 Å². The van der Waals surface area contributed by atoms with Gasteiger partial charge in [-0.05, 0) is 62.4 Å². The fourth-order valence-corrected chi connectivity index (χ4v) is 8.36. The van der Waals surface area contributed by atoms with Crippen molar-refractivity contribution in [2.24, 2.45) is 0 Å². The number of carbonyl (C=O) groups excluding carboxylic acids is 1. The number of carbonyl (C=O) groups is 1. The van der Waals surface area contributed by atoms with Crippen LogP contribution in [0.1, 0.15) is 23.7 Å². The molecule has 328 valence electrons. The molecular weight excluding hydrogens is 876 g/mol. The van der Waals surface area contributed by atoms with E-state index in [2.05, 4.69) is 31.9 Å². The number of nitrogens with zero attached hydrogens (tertiary/aromatic N) is 6. The predicted molar refractivity (Wildman–Crippen MR) is 223 cm³/mol. The van der Waals surface area contributed by atoms with Crippen LogP contribution in [0.2, 0.25) is 5.02 Å². The maximum atomic E-state index is 17.2. The second-order valence-corrected chi connectivity index (χ2v) is 15.9. The molecule has 0 amide bonds. The Morgan fingerprint density at radius 3 is 2.44 bits per heavy atom. The van der Waals surface area contributed by atoms with Gasteiger partial charge in [-0.3, -0.25) is 9.58 Å². The number of halogens is 7. The first-order chi connectivity index (χ1) is 29.9. The highest BCUT2D eigenvalue weighted by Gasteiger charge is 2.52. The maximum Gasteiger partial charge on any atom is 0.408 e. The summed E-state index contributed by atoms with van der Waals surface area (Å²) in [4.78, 5) is 27.2. The number of furan rings is 1. The molecule has 5 heterocycles. The molecule has 7 rings (SSSR count). The number of benzene rings is 2. The smallest absolute Gasteiger partial charge is 0.408 e. The molecule has 1 fully saturated rings. The van der Waals surface area contributed by atoms with Gasteiger partial charge in [-0.25, -0.2) is 14.8 Å². The van der Waals surface area contributed by atoms with Crippen LogP contribution in [0.5, 0.6) is 17.4 Å². The fraction of sp³-hybridized carbons (Fsp3) is 0.366. The standard InChI is InChI=1S/C41H37B2ClF6N6O6S/c1-4-58-38(57)35(40(49,50)25-7-5-6-8-26(25)62-41(42,43)29-13-14-53-56(29)21-39(46,47)48)61-36-32-31(34(28-11-12-30(45)60-28)63-37(32)52-22-51-36)24-9-10-27(33(44)23(24)2)59-20-19-55-17-15-54(3)16-18-55/h5-14,22,35H,4,15-21H2,1-3H3. The van der Waals surface area contributed by atoms with Crippen molar-refractivity contribution in [3.05, 3.63) is 95.0 Å². The highest BCUT2D eigenvalue weighted by atomic mass is 35.5. The number of hydrogen-bond acceptors (Lipinski definition) is 12. The SMILES string of the molecule is [B]C([B])(Oc1ccccc1C(F)(F)C(Oc1ncnc2sc(-c3ccc(F)o3)c(-c3ccc(OCCN4CCN(C)CC4)c(Cl)c3C)c12)C(=O)OCC)c1ccnn1CC(F)(F)F. The zero-order chi connectivity index (χ0) is 45.3. The number of alkyl halides is 5. The number of thiophene rings is 1. The van der Waals surface area contributed by atoms with Crippen LogP contribution < -0.4 is 14.2 Å². The number of hydrogen-bond donors (Lipinski definition) is 0. The summed E-state index contributed by atoms with van der Waals surface area (Å²) in [5, 5.41) is 1.22. The van der Waals surface area contributed by atoms with Gasteiger partial charge in [0.25, 0.3) is 12.1 Å². The Bertz CT molecular complexity index is 2580. The lowest BCUT2D eigenvalue weighted by molar-refractivity contribution is -0.174. The summed E-state index contributed by atoms with van der Waals surface area (Å²) in [5.41, 5.74) is -0.339. The van der Waals surface area contributed by atoms with Gasteiger partial charge in [0.2, 0.25) is 5.88 Å². The highest BCUT2D eigenvalue weighted by Crippen LogP contribution is 2.51. The number of likely N-dealkylation sites (N-methyl/N-ethyl adjacent to an activating group) is 1. The minimum absolute atomic E-state index is 0.0349. The first-order valence-corrected chi connectivity index (χ1v) is 20.6. The van der Waals surface area contributed by atoms with Gasteiger partial charge in [-0.1, -0.05) is 29.8 Å². The summed E-state index contributed by atoms with van der Waals surface area (Å²) in [6.45, 7) is 5.84. The van der Waals surface area contributed by atoms with Gasteiger partial charge in [-0.2, -0.15) is 31.4 Å². The van der Waals surface area contributed by atoms with Crippen molar-refractivity contribution in [1.29, 1.82) is 0 Å². The molecule has 0 aliphatic carbocycles. The molecule has 0 spiro atoms. The highest BCUT2D eigenvalue weighted by molar-refractivity contribution is 7.22. The second kappa shape index (κ2) is 18.5. The van der Waals surface area contributed by atoms with Crippen LogP contribution in [0, 0.1) is 12.9 Å². The van der Waals surface area contributed by atoms with E-state index in [1.165, 1.54) is 25.1 Å². The number of fused-ring (bicyclic) bond motifs is 1. The van der Waals surface area contributed by atoms with Crippen molar-refractivity contribution in [3.8, 4) is 39.1 Å². The van der Waals surface area contributed by atoms with E-state index in [1.807, 2.05) is 0 Å². The van der Waals surface area contributed by atoms with E-state index in [9.17, 15) is 22.4 Å². The normalized spacial score (nSPS) is 14.8. The molecule has 0 saturated carbocycles.